The Labute approximate surface area is 166 Å². The summed E-state index contributed by atoms with van der Waals surface area (Å²) in [4.78, 5) is 32.8. The lowest BCUT2D eigenvalue weighted by molar-refractivity contribution is -0.904. The molecule has 1 atom stereocenters. The predicted molar refractivity (Wildman–Crippen MR) is 108 cm³/mol. The minimum Gasteiger partial charge on any atom is -0.321 e. The maximum absolute atomic E-state index is 12.4. The first-order valence-corrected chi connectivity index (χ1v) is 9.27. The summed E-state index contributed by atoms with van der Waals surface area (Å²) in [6, 6.07) is 12.1. The Morgan fingerprint density at radius 3 is 2.59 bits per heavy atom. The van der Waals surface area contributed by atoms with E-state index in [0.717, 1.165) is 4.90 Å². The number of rotatable bonds is 6. The number of carbonyl (C=O) groups excluding carboxylic acids is 1. The van der Waals surface area contributed by atoms with Gasteiger partial charge in [-0.05, 0) is 37.3 Å². The molecule has 27 heavy (non-hydrogen) atoms. The number of carbonyl (C=O) groups is 1. The number of fused-ring (bicyclic) bond motifs is 1. The van der Waals surface area contributed by atoms with Crippen LogP contribution in [0.3, 0.4) is 0 Å². The number of H-pyrrole nitrogens is 1. The summed E-state index contributed by atoms with van der Waals surface area (Å²) in [7, 11) is 0. The monoisotopic (exact) mass is 405 g/mol. The Balaban J connectivity index is 1.70. The minimum atomic E-state index is -0.177. The van der Waals surface area contributed by atoms with Gasteiger partial charge in [0.1, 0.15) is 6.54 Å². The highest BCUT2D eigenvalue weighted by atomic mass is 35.5. The van der Waals surface area contributed by atoms with E-state index < -0.39 is 0 Å². The number of aromatic amines is 1. The number of hydrogen-bond acceptors (Lipinski definition) is 3. The molecule has 3 rings (SSSR count). The van der Waals surface area contributed by atoms with E-state index in [1.54, 1.807) is 36.4 Å². The van der Waals surface area contributed by atoms with Crippen molar-refractivity contribution in [2.45, 2.75) is 13.5 Å². The normalized spacial score (nSPS) is 12.1. The molecule has 3 N–H and O–H groups in total. The molecule has 0 fully saturated rings. The minimum absolute atomic E-state index is 0.173. The zero-order valence-electron chi connectivity index (χ0n) is 14.7. The van der Waals surface area contributed by atoms with Gasteiger partial charge in [0, 0.05) is 15.7 Å². The zero-order chi connectivity index (χ0) is 19.4. The number of aromatic nitrogens is 2. The van der Waals surface area contributed by atoms with Crippen LogP contribution in [0.1, 0.15) is 12.7 Å². The number of nitrogens with zero attached hydrogens (tertiary/aromatic N) is 1. The van der Waals surface area contributed by atoms with Gasteiger partial charge in [0.2, 0.25) is 0 Å². The van der Waals surface area contributed by atoms with Gasteiger partial charge in [0.15, 0.2) is 12.4 Å². The van der Waals surface area contributed by atoms with Crippen LogP contribution in [0, 0.1) is 0 Å². The molecule has 0 bridgehead atoms. The standard InChI is InChI=1S/C19H18Cl2N4O2/c1-2-25(11-18(26)22-14-8-12(20)7-13(21)9-14)10-17-23-16-6-4-3-5-15(16)19(27)24-17/h3-9H,2,10-11H2,1H3,(H,22,26)(H,23,24,27)/p+1. The van der Waals surface area contributed by atoms with Crippen LogP contribution in [0.15, 0.2) is 47.3 Å². The Bertz CT molecular complexity index is 1020. The third kappa shape index (κ3) is 5.07. The Hall–Kier alpha value is -2.41. The second-order valence-electron chi connectivity index (χ2n) is 6.19. The molecule has 8 heteroatoms. The molecule has 0 aliphatic carbocycles. The highest BCUT2D eigenvalue weighted by molar-refractivity contribution is 6.35. The Morgan fingerprint density at radius 1 is 1.19 bits per heavy atom. The molecule has 1 heterocycles. The van der Waals surface area contributed by atoms with Crippen LogP contribution in [0.2, 0.25) is 10.0 Å². The van der Waals surface area contributed by atoms with Crippen LogP contribution < -0.4 is 15.8 Å². The van der Waals surface area contributed by atoms with Crippen molar-refractivity contribution < 1.29 is 9.69 Å². The molecule has 0 aliphatic rings. The average Bonchev–Trinajstić information content (AvgIpc) is 2.60. The quantitative estimate of drug-likeness (QED) is 0.588. The summed E-state index contributed by atoms with van der Waals surface area (Å²) in [6.45, 7) is 3.32. The molecular formula is C19H19Cl2N4O2+. The van der Waals surface area contributed by atoms with Gasteiger partial charge >= 0.3 is 0 Å². The van der Waals surface area contributed by atoms with Crippen LogP contribution in [0.4, 0.5) is 5.69 Å². The number of quaternary nitrogens is 1. The van der Waals surface area contributed by atoms with E-state index in [9.17, 15) is 9.59 Å². The van der Waals surface area contributed by atoms with Gasteiger partial charge in [-0.3, -0.25) is 9.59 Å². The lowest BCUT2D eigenvalue weighted by Gasteiger charge is -2.17. The lowest BCUT2D eigenvalue weighted by atomic mass is 10.2. The van der Waals surface area contributed by atoms with Crippen molar-refractivity contribution in [2.75, 3.05) is 18.4 Å². The highest BCUT2D eigenvalue weighted by Crippen LogP contribution is 2.22. The Morgan fingerprint density at radius 2 is 1.89 bits per heavy atom. The maximum Gasteiger partial charge on any atom is 0.279 e. The molecular weight excluding hydrogens is 387 g/mol. The van der Waals surface area contributed by atoms with E-state index in [0.29, 0.717) is 45.5 Å². The largest absolute Gasteiger partial charge is 0.321 e. The van der Waals surface area contributed by atoms with Gasteiger partial charge in [-0.25, -0.2) is 4.98 Å². The molecule has 140 valence electrons. The molecule has 1 amide bonds. The van der Waals surface area contributed by atoms with E-state index in [4.69, 9.17) is 23.2 Å². The van der Waals surface area contributed by atoms with Crippen molar-refractivity contribution in [3.63, 3.8) is 0 Å². The number of benzene rings is 2. The topological polar surface area (TPSA) is 79.3 Å². The Kier molecular flexibility index (Phi) is 6.11. The smallest absolute Gasteiger partial charge is 0.279 e. The van der Waals surface area contributed by atoms with Crippen molar-refractivity contribution >= 4 is 45.7 Å². The number of para-hydroxylation sites is 1. The molecule has 0 aliphatic heterocycles. The van der Waals surface area contributed by atoms with Gasteiger partial charge in [-0.1, -0.05) is 35.3 Å². The fourth-order valence-corrected chi connectivity index (χ4v) is 3.35. The molecule has 2 aromatic carbocycles. The predicted octanol–water partition coefficient (Wildman–Crippen LogP) is 2.27. The van der Waals surface area contributed by atoms with Crippen molar-refractivity contribution in [1.82, 2.24) is 9.97 Å². The van der Waals surface area contributed by atoms with Crippen molar-refractivity contribution in [1.29, 1.82) is 0 Å². The fraction of sp³-hybridized carbons (Fsp3) is 0.211. The van der Waals surface area contributed by atoms with Crippen LogP contribution in [0.25, 0.3) is 10.9 Å². The lowest BCUT2D eigenvalue weighted by Crippen LogP contribution is -3.11. The SMILES string of the molecule is CC[NH+](CC(=O)Nc1cc(Cl)cc(Cl)c1)Cc1nc2ccccc2c(=O)[nH]1. The van der Waals surface area contributed by atoms with E-state index in [1.807, 2.05) is 13.0 Å². The van der Waals surface area contributed by atoms with Crippen LogP contribution in [0.5, 0.6) is 0 Å². The first-order valence-electron chi connectivity index (χ1n) is 8.52. The average molecular weight is 406 g/mol. The van der Waals surface area contributed by atoms with E-state index >= 15 is 0 Å². The molecule has 6 nitrogen and oxygen atoms in total. The molecule has 0 radical (unpaired) electrons. The van der Waals surface area contributed by atoms with Gasteiger partial charge in [0.25, 0.3) is 11.5 Å². The van der Waals surface area contributed by atoms with Crippen LogP contribution in [-0.4, -0.2) is 29.0 Å². The summed E-state index contributed by atoms with van der Waals surface area (Å²) < 4.78 is 0. The number of halogens is 2. The fourth-order valence-electron chi connectivity index (χ4n) is 2.83. The molecule has 1 aromatic heterocycles. The summed E-state index contributed by atoms with van der Waals surface area (Å²) >= 11 is 11.9. The third-order valence-electron chi connectivity index (χ3n) is 4.14. The van der Waals surface area contributed by atoms with Crippen molar-refractivity contribution in [3.05, 3.63) is 68.7 Å². The van der Waals surface area contributed by atoms with Gasteiger partial charge in [-0.2, -0.15) is 0 Å². The molecule has 0 saturated heterocycles. The second-order valence-corrected chi connectivity index (χ2v) is 7.07. The highest BCUT2D eigenvalue weighted by Gasteiger charge is 2.16. The number of amides is 1. The number of likely N-dealkylation sites (N-methyl/N-ethyl adjacent to an activating group) is 1. The molecule has 1 unspecified atom stereocenters. The summed E-state index contributed by atoms with van der Waals surface area (Å²) in [5.41, 5.74) is 1.01. The molecule has 3 aromatic rings. The summed E-state index contributed by atoms with van der Waals surface area (Å²) in [5, 5.41) is 4.25. The van der Waals surface area contributed by atoms with Gasteiger partial charge < -0.3 is 15.2 Å². The molecule has 0 saturated carbocycles. The van der Waals surface area contributed by atoms with Crippen molar-refractivity contribution in [2.24, 2.45) is 0 Å². The maximum atomic E-state index is 12.4. The van der Waals surface area contributed by atoms with E-state index in [1.165, 1.54) is 0 Å². The number of nitrogens with one attached hydrogen (secondary N) is 3. The number of hydrogen-bond donors (Lipinski definition) is 3. The van der Waals surface area contributed by atoms with E-state index in [2.05, 4.69) is 15.3 Å². The van der Waals surface area contributed by atoms with Crippen LogP contribution in [-0.2, 0) is 11.3 Å². The van der Waals surface area contributed by atoms with Gasteiger partial charge in [0.05, 0.1) is 17.4 Å². The van der Waals surface area contributed by atoms with Crippen molar-refractivity contribution in [3.8, 4) is 0 Å². The van der Waals surface area contributed by atoms with Crippen LogP contribution >= 0.6 is 23.2 Å². The second kappa shape index (κ2) is 8.52. The first kappa shape index (κ1) is 19.4. The van der Waals surface area contributed by atoms with Gasteiger partial charge in [-0.15, -0.1) is 0 Å². The molecule has 0 spiro atoms. The third-order valence-corrected chi connectivity index (χ3v) is 4.57. The first-order chi connectivity index (χ1) is 12.9. The van der Waals surface area contributed by atoms with E-state index in [-0.39, 0.29) is 18.0 Å². The zero-order valence-corrected chi connectivity index (χ0v) is 16.2. The summed E-state index contributed by atoms with van der Waals surface area (Å²) in [5.74, 6) is 0.377. The number of anilines is 1. The summed E-state index contributed by atoms with van der Waals surface area (Å²) in [6.07, 6.45) is 0.